The highest BCUT2D eigenvalue weighted by atomic mass is 16.5. The fourth-order valence-corrected chi connectivity index (χ4v) is 8.66. The van der Waals surface area contributed by atoms with Crippen LogP contribution in [0.2, 0.25) is 0 Å². The van der Waals surface area contributed by atoms with Gasteiger partial charge in [-0.05, 0) is 93.0 Å². The second-order valence-corrected chi connectivity index (χ2v) is 15.8. The summed E-state index contributed by atoms with van der Waals surface area (Å²) < 4.78 is 11.1. The first-order valence-corrected chi connectivity index (χ1v) is 19.8. The quantitative estimate of drug-likeness (QED) is 0.113. The van der Waals surface area contributed by atoms with E-state index in [9.17, 15) is 24.3 Å². The number of rotatable bonds is 11. The maximum absolute atomic E-state index is 13.7. The van der Waals surface area contributed by atoms with Gasteiger partial charge in [-0.3, -0.25) is 14.5 Å². The predicted octanol–water partition coefficient (Wildman–Crippen LogP) is 6.73. The molecule has 2 aliphatic heterocycles. The first-order chi connectivity index (χ1) is 27.7. The van der Waals surface area contributed by atoms with Crippen molar-refractivity contribution in [2.45, 2.75) is 75.5 Å². The number of imidazole rings is 2. The Morgan fingerprint density at radius 1 is 0.807 bits per heavy atom. The van der Waals surface area contributed by atoms with Gasteiger partial charge in [-0.1, -0.05) is 24.3 Å². The summed E-state index contributed by atoms with van der Waals surface area (Å²) in [6, 6.07) is 14.4. The molecule has 5 aromatic rings. The Kier molecular flexibility index (Phi) is 9.45. The number of likely N-dealkylation sites (N-methyl/N-ethyl adjacent to an activating group) is 1. The van der Waals surface area contributed by atoms with E-state index in [1.54, 1.807) is 17.3 Å². The molecule has 296 valence electrons. The molecule has 15 nitrogen and oxygen atoms in total. The number of H-pyrrole nitrogens is 2. The Hall–Kier alpha value is -6.12. The van der Waals surface area contributed by atoms with Gasteiger partial charge in [0.25, 0.3) is 0 Å². The number of likely N-dealkylation sites (tertiary alicyclic amines) is 2. The zero-order chi connectivity index (χ0) is 39.4. The molecule has 2 aromatic carbocycles. The van der Waals surface area contributed by atoms with E-state index in [1.807, 2.05) is 47.4 Å². The Balaban J connectivity index is 0.878. The smallest absolute Gasteiger partial charge is 0.407 e. The van der Waals surface area contributed by atoms with Gasteiger partial charge in [0.05, 0.1) is 43.0 Å². The molecule has 5 heterocycles. The number of hydrogen-bond donors (Lipinski definition) is 4. The van der Waals surface area contributed by atoms with Gasteiger partial charge in [0, 0.05) is 36.7 Å². The number of hydrogen-bond acceptors (Lipinski definition) is 8. The largest absolute Gasteiger partial charge is 0.465 e. The molecule has 15 heteroatoms. The van der Waals surface area contributed by atoms with Crippen LogP contribution in [-0.2, 0) is 14.3 Å². The van der Waals surface area contributed by atoms with E-state index in [0.29, 0.717) is 18.9 Å². The van der Waals surface area contributed by atoms with E-state index >= 15 is 0 Å². The highest BCUT2D eigenvalue weighted by Gasteiger charge is 2.46. The fourth-order valence-electron chi connectivity index (χ4n) is 8.66. The number of amides is 4. The van der Waals surface area contributed by atoms with Crippen molar-refractivity contribution in [3.8, 4) is 33.8 Å². The molecule has 4 aliphatic rings. The molecule has 2 saturated carbocycles. The summed E-state index contributed by atoms with van der Waals surface area (Å²) >= 11 is 0. The molecule has 2 aliphatic carbocycles. The summed E-state index contributed by atoms with van der Waals surface area (Å²) in [5, 5.41) is 13.3. The van der Waals surface area contributed by atoms with Gasteiger partial charge in [-0.2, -0.15) is 0 Å². The number of nitrogens with zero attached hydrogens (tertiary/aromatic N) is 5. The third kappa shape index (κ3) is 7.10. The normalized spacial score (nSPS) is 20.5. The molecule has 4 N–H and O–H groups in total. The minimum Gasteiger partial charge on any atom is -0.465 e. The molecular formula is C42H46N8O7. The molecule has 2 saturated heterocycles. The zero-order valence-electron chi connectivity index (χ0n) is 31.9. The lowest BCUT2D eigenvalue weighted by atomic mass is 10.1. The highest BCUT2D eigenvalue weighted by Crippen LogP contribution is 2.41. The first-order valence-electron chi connectivity index (χ1n) is 19.8. The average molecular weight is 775 g/mol. The van der Waals surface area contributed by atoms with Crippen LogP contribution in [0.1, 0.15) is 75.1 Å². The van der Waals surface area contributed by atoms with E-state index in [0.717, 1.165) is 107 Å². The molecule has 0 unspecified atom stereocenters. The van der Waals surface area contributed by atoms with Gasteiger partial charge >= 0.3 is 12.2 Å². The Morgan fingerprint density at radius 3 is 1.98 bits per heavy atom. The summed E-state index contributed by atoms with van der Waals surface area (Å²) in [7, 11) is 2.79. The highest BCUT2D eigenvalue weighted by molar-refractivity contribution is 5.89. The molecular weight excluding hydrogens is 729 g/mol. The van der Waals surface area contributed by atoms with Crippen LogP contribution in [0.25, 0.3) is 44.8 Å². The van der Waals surface area contributed by atoms with Crippen LogP contribution in [-0.4, -0.2) is 103 Å². The zero-order valence-corrected chi connectivity index (χ0v) is 31.9. The number of aromatic nitrogens is 4. The topological polar surface area (TPSA) is 190 Å². The van der Waals surface area contributed by atoms with E-state index < -0.39 is 24.3 Å². The average Bonchev–Trinajstić information content (AvgIpc) is 3.81. The fraction of sp³-hybridized carbons (Fsp3) is 0.429. The number of aromatic amines is 2. The number of fused-ring (bicyclic) bond motifs is 1. The van der Waals surface area contributed by atoms with Crippen molar-refractivity contribution in [1.29, 1.82) is 0 Å². The third-order valence-electron chi connectivity index (χ3n) is 12.1. The number of methoxy groups -OCH3 is 1. The number of benzene rings is 2. The van der Waals surface area contributed by atoms with E-state index in [4.69, 9.17) is 14.1 Å². The number of carbonyl (C=O) groups is 4. The maximum Gasteiger partial charge on any atom is 0.407 e. The summed E-state index contributed by atoms with van der Waals surface area (Å²) in [4.78, 5) is 72.1. The van der Waals surface area contributed by atoms with Crippen molar-refractivity contribution in [3.63, 3.8) is 0 Å². The van der Waals surface area contributed by atoms with Gasteiger partial charge in [-0.15, -0.1) is 0 Å². The molecule has 0 radical (unpaired) electrons. The Morgan fingerprint density at radius 2 is 1.39 bits per heavy atom. The van der Waals surface area contributed by atoms with Crippen LogP contribution >= 0.6 is 0 Å². The van der Waals surface area contributed by atoms with Crippen LogP contribution in [0.5, 0.6) is 0 Å². The molecule has 0 spiro atoms. The van der Waals surface area contributed by atoms with Crippen LogP contribution in [0.15, 0.2) is 65.3 Å². The number of alkyl carbamates (subject to hydrolysis) is 1. The van der Waals surface area contributed by atoms with Gasteiger partial charge in [0.2, 0.25) is 11.8 Å². The van der Waals surface area contributed by atoms with E-state index in [-0.39, 0.29) is 35.7 Å². The van der Waals surface area contributed by atoms with Crippen LogP contribution in [0, 0.1) is 11.8 Å². The Bertz CT molecular complexity index is 2320. The monoisotopic (exact) mass is 774 g/mol. The lowest BCUT2D eigenvalue weighted by Gasteiger charge is -2.31. The number of ether oxygens (including phenoxy) is 1. The lowest BCUT2D eigenvalue weighted by Crippen LogP contribution is -2.50. The maximum atomic E-state index is 13.7. The first kappa shape index (κ1) is 36.5. The van der Waals surface area contributed by atoms with Crippen LogP contribution < -0.4 is 5.32 Å². The second kappa shape index (κ2) is 14.8. The summed E-state index contributed by atoms with van der Waals surface area (Å²) in [6.07, 6.45) is 8.67. The van der Waals surface area contributed by atoms with Crippen molar-refractivity contribution >= 4 is 35.0 Å². The molecule has 4 amide bonds. The number of furan rings is 1. The SMILES string of the molecule is COC(=O)N[C@@H](C(=O)N1CCC[C@H]1c1ncc(-c2ccc3oc(-c4ccc(-c5cnc([C@@H]6CCCN6C(=O)[C@@H](C6CC6)N(C)C(=O)O)[nH]5)cc4)cc3c2)[nH]1)C1CC1. The number of carbonyl (C=O) groups excluding carboxylic acids is 3. The lowest BCUT2D eigenvalue weighted by molar-refractivity contribution is -0.138. The molecule has 57 heavy (non-hydrogen) atoms. The molecule has 9 rings (SSSR count). The summed E-state index contributed by atoms with van der Waals surface area (Å²) in [5.74, 6) is 2.13. The van der Waals surface area contributed by atoms with Gasteiger partial charge in [0.1, 0.15) is 35.1 Å². The van der Waals surface area contributed by atoms with Gasteiger partial charge in [0.15, 0.2) is 0 Å². The number of carboxylic acid groups (broad SMARTS) is 1. The van der Waals surface area contributed by atoms with Crippen LogP contribution in [0.4, 0.5) is 9.59 Å². The minimum atomic E-state index is -1.09. The molecule has 4 atom stereocenters. The van der Waals surface area contributed by atoms with Gasteiger partial charge < -0.3 is 39.3 Å². The minimum absolute atomic E-state index is 0.0714. The number of nitrogens with one attached hydrogen (secondary N) is 3. The van der Waals surface area contributed by atoms with Crippen molar-refractivity contribution < 1.29 is 33.4 Å². The molecule has 0 bridgehead atoms. The van der Waals surface area contributed by atoms with Crippen molar-refractivity contribution in [1.82, 2.24) is 40.0 Å². The molecule has 3 aromatic heterocycles. The predicted molar refractivity (Wildman–Crippen MR) is 209 cm³/mol. The van der Waals surface area contributed by atoms with Crippen molar-refractivity contribution in [2.75, 3.05) is 27.2 Å². The van der Waals surface area contributed by atoms with E-state index in [2.05, 4.69) is 26.3 Å². The van der Waals surface area contributed by atoms with Crippen molar-refractivity contribution in [2.24, 2.45) is 11.8 Å². The standard InChI is InChI=1S/C42H46N8O7/c1-48(42(54)55)36(26-13-14-26)40(52)50-18-4-6-32(50)38-43-21-29(45-38)23-7-9-24(10-8-23)34-20-28-19-27(15-16-33(28)57-34)30-22-44-37(46-30)31-5-3-17-49(31)39(51)35(25-11-12-25)47-41(53)56-2/h7-10,15-16,19-22,25-26,31-32,35-36H,3-6,11-14,17-18H2,1-2H3,(H,43,45)(H,44,46)(H,47,53)(H,54,55)/t31-,32-,35+,36+/m0/s1. The Labute approximate surface area is 328 Å². The summed E-state index contributed by atoms with van der Waals surface area (Å²) in [6.45, 7) is 1.19. The van der Waals surface area contributed by atoms with Crippen molar-refractivity contribution in [3.05, 3.63) is 72.6 Å². The van der Waals surface area contributed by atoms with Crippen LogP contribution in [0.3, 0.4) is 0 Å². The third-order valence-corrected chi connectivity index (χ3v) is 12.1. The molecule has 4 fully saturated rings. The van der Waals surface area contributed by atoms with Gasteiger partial charge in [-0.25, -0.2) is 19.6 Å². The van der Waals surface area contributed by atoms with E-state index in [1.165, 1.54) is 14.2 Å². The summed E-state index contributed by atoms with van der Waals surface area (Å²) in [5.41, 5.74) is 5.21. The second-order valence-electron chi connectivity index (χ2n) is 15.8.